The highest BCUT2D eigenvalue weighted by Gasteiger charge is 2.18. The molecule has 3 N–H and O–H groups in total. The minimum atomic E-state index is -3.51. The Bertz CT molecular complexity index is 623. The SMILES string of the molecule is Cc1cc(S(=O)(=O)NCCC2CCCO2)ccc1C(N)=S. The van der Waals surface area contributed by atoms with Crippen LogP contribution in [0.3, 0.4) is 0 Å². The Balaban J connectivity index is 2.01. The van der Waals surface area contributed by atoms with E-state index in [1.807, 2.05) is 0 Å². The van der Waals surface area contributed by atoms with Crippen LogP contribution in [0.4, 0.5) is 0 Å². The Morgan fingerprint density at radius 1 is 1.52 bits per heavy atom. The van der Waals surface area contributed by atoms with E-state index < -0.39 is 10.0 Å². The Morgan fingerprint density at radius 2 is 2.29 bits per heavy atom. The molecular formula is C14H20N2O3S2. The quantitative estimate of drug-likeness (QED) is 0.773. The first-order chi connectivity index (χ1) is 9.90. The smallest absolute Gasteiger partial charge is 0.240 e. The molecule has 7 heteroatoms. The van der Waals surface area contributed by atoms with Gasteiger partial charge in [-0.3, -0.25) is 0 Å². The van der Waals surface area contributed by atoms with E-state index in [1.54, 1.807) is 19.1 Å². The second-order valence-electron chi connectivity index (χ2n) is 5.16. The number of nitrogens with two attached hydrogens (primary N) is 1. The van der Waals surface area contributed by atoms with Gasteiger partial charge in [-0.05, 0) is 43.9 Å². The molecule has 0 aromatic heterocycles. The summed E-state index contributed by atoms with van der Waals surface area (Å²) < 4.78 is 32.5. The summed E-state index contributed by atoms with van der Waals surface area (Å²) in [5, 5.41) is 0. The molecule has 1 heterocycles. The molecule has 0 saturated carbocycles. The van der Waals surface area contributed by atoms with E-state index in [2.05, 4.69) is 4.72 Å². The van der Waals surface area contributed by atoms with Crippen LogP contribution in [-0.2, 0) is 14.8 Å². The standard InChI is InChI=1S/C14H20N2O3S2/c1-10-9-12(4-5-13(10)14(15)20)21(17,18)16-7-6-11-3-2-8-19-11/h4-5,9,11,16H,2-3,6-8H2,1H3,(H2,15,20). The number of aryl methyl sites for hydroxylation is 1. The molecule has 0 bridgehead atoms. The molecule has 0 aliphatic carbocycles. The molecule has 1 aliphatic heterocycles. The van der Waals surface area contributed by atoms with Gasteiger partial charge in [0.15, 0.2) is 0 Å². The van der Waals surface area contributed by atoms with Crippen molar-refractivity contribution in [2.45, 2.75) is 37.2 Å². The molecule has 0 amide bonds. The maximum absolute atomic E-state index is 12.2. The van der Waals surface area contributed by atoms with Crippen LogP contribution in [0.2, 0.25) is 0 Å². The summed E-state index contributed by atoms with van der Waals surface area (Å²) in [4.78, 5) is 0.495. The first kappa shape index (κ1) is 16.4. The van der Waals surface area contributed by atoms with Crippen LogP contribution in [-0.4, -0.2) is 32.7 Å². The van der Waals surface area contributed by atoms with E-state index in [4.69, 9.17) is 22.7 Å². The highest BCUT2D eigenvalue weighted by Crippen LogP contribution is 2.17. The van der Waals surface area contributed by atoms with Gasteiger partial charge in [0.05, 0.1) is 11.0 Å². The van der Waals surface area contributed by atoms with Crippen molar-refractivity contribution in [2.75, 3.05) is 13.2 Å². The van der Waals surface area contributed by atoms with Gasteiger partial charge in [-0.2, -0.15) is 0 Å². The maximum Gasteiger partial charge on any atom is 0.240 e. The third-order valence-corrected chi connectivity index (χ3v) is 5.23. The van der Waals surface area contributed by atoms with Gasteiger partial charge in [0.25, 0.3) is 0 Å². The molecule has 0 radical (unpaired) electrons. The second kappa shape index (κ2) is 6.83. The average molecular weight is 328 g/mol. The van der Waals surface area contributed by atoms with Crippen molar-refractivity contribution in [1.29, 1.82) is 0 Å². The van der Waals surface area contributed by atoms with Crippen molar-refractivity contribution >= 4 is 27.2 Å². The first-order valence-corrected chi connectivity index (χ1v) is 8.81. The average Bonchev–Trinajstić information content (AvgIpc) is 2.91. The van der Waals surface area contributed by atoms with Gasteiger partial charge in [-0.25, -0.2) is 13.1 Å². The zero-order chi connectivity index (χ0) is 15.5. The molecule has 1 aromatic carbocycles. The molecule has 1 saturated heterocycles. The van der Waals surface area contributed by atoms with Gasteiger partial charge in [0, 0.05) is 18.7 Å². The summed E-state index contributed by atoms with van der Waals surface area (Å²) in [6, 6.07) is 4.76. The predicted molar refractivity (Wildman–Crippen MR) is 85.8 cm³/mol. The van der Waals surface area contributed by atoms with Crippen LogP contribution in [0.5, 0.6) is 0 Å². The van der Waals surface area contributed by atoms with Gasteiger partial charge in [-0.1, -0.05) is 18.3 Å². The molecule has 116 valence electrons. The Hall–Kier alpha value is -1.02. The zero-order valence-corrected chi connectivity index (χ0v) is 13.6. The van der Waals surface area contributed by atoms with E-state index in [0.717, 1.165) is 25.0 Å². The number of ether oxygens (including phenoxy) is 1. The van der Waals surface area contributed by atoms with E-state index in [9.17, 15) is 8.42 Å². The fraction of sp³-hybridized carbons (Fsp3) is 0.500. The van der Waals surface area contributed by atoms with Crippen molar-refractivity contribution in [3.8, 4) is 0 Å². The number of rotatable bonds is 6. The summed E-state index contributed by atoms with van der Waals surface area (Å²) in [7, 11) is -3.51. The Labute approximate surface area is 130 Å². The molecule has 21 heavy (non-hydrogen) atoms. The highest BCUT2D eigenvalue weighted by molar-refractivity contribution is 7.89. The fourth-order valence-corrected chi connectivity index (χ4v) is 3.75. The van der Waals surface area contributed by atoms with Gasteiger partial charge in [0.2, 0.25) is 10.0 Å². The number of sulfonamides is 1. The van der Waals surface area contributed by atoms with E-state index in [0.29, 0.717) is 18.5 Å². The monoisotopic (exact) mass is 328 g/mol. The summed E-state index contributed by atoms with van der Waals surface area (Å²) >= 11 is 4.92. The van der Waals surface area contributed by atoms with E-state index in [1.165, 1.54) is 6.07 Å². The lowest BCUT2D eigenvalue weighted by Crippen LogP contribution is -2.27. The zero-order valence-electron chi connectivity index (χ0n) is 12.0. The topological polar surface area (TPSA) is 81.4 Å². The van der Waals surface area contributed by atoms with Crippen LogP contribution in [0.1, 0.15) is 30.4 Å². The van der Waals surface area contributed by atoms with Crippen LogP contribution in [0, 0.1) is 6.92 Å². The molecule has 5 nitrogen and oxygen atoms in total. The number of nitrogens with one attached hydrogen (secondary N) is 1. The number of hydrogen-bond donors (Lipinski definition) is 2. The lowest BCUT2D eigenvalue weighted by molar-refractivity contribution is 0.105. The first-order valence-electron chi connectivity index (χ1n) is 6.92. The van der Waals surface area contributed by atoms with Crippen LogP contribution in [0.25, 0.3) is 0 Å². The molecule has 0 spiro atoms. The van der Waals surface area contributed by atoms with Crippen LogP contribution < -0.4 is 10.5 Å². The third kappa shape index (κ3) is 4.23. The molecule has 1 fully saturated rings. The summed E-state index contributed by atoms with van der Waals surface area (Å²) in [6.45, 7) is 2.94. The van der Waals surface area contributed by atoms with Crippen molar-refractivity contribution in [3.63, 3.8) is 0 Å². The summed E-state index contributed by atoms with van der Waals surface area (Å²) in [6.07, 6.45) is 2.93. The van der Waals surface area contributed by atoms with Crippen molar-refractivity contribution in [2.24, 2.45) is 5.73 Å². The lowest BCUT2D eigenvalue weighted by Gasteiger charge is -2.12. The second-order valence-corrected chi connectivity index (χ2v) is 7.37. The molecule has 1 unspecified atom stereocenters. The molecular weight excluding hydrogens is 308 g/mol. The molecule has 1 atom stereocenters. The van der Waals surface area contributed by atoms with E-state index in [-0.39, 0.29) is 16.0 Å². The molecule has 1 aliphatic rings. The predicted octanol–water partition coefficient (Wildman–Crippen LogP) is 1.48. The number of benzene rings is 1. The normalized spacial score (nSPS) is 18.8. The number of hydrogen-bond acceptors (Lipinski definition) is 4. The van der Waals surface area contributed by atoms with Gasteiger partial charge in [-0.15, -0.1) is 0 Å². The third-order valence-electron chi connectivity index (χ3n) is 3.56. The van der Waals surface area contributed by atoms with Gasteiger partial charge in [0.1, 0.15) is 4.99 Å². The van der Waals surface area contributed by atoms with Crippen molar-refractivity contribution in [3.05, 3.63) is 29.3 Å². The molecule has 2 rings (SSSR count). The van der Waals surface area contributed by atoms with Crippen molar-refractivity contribution < 1.29 is 13.2 Å². The lowest BCUT2D eigenvalue weighted by atomic mass is 10.1. The van der Waals surface area contributed by atoms with Crippen molar-refractivity contribution in [1.82, 2.24) is 4.72 Å². The Kier molecular flexibility index (Phi) is 5.32. The van der Waals surface area contributed by atoms with E-state index >= 15 is 0 Å². The minimum absolute atomic E-state index is 0.173. The fourth-order valence-electron chi connectivity index (χ4n) is 2.39. The minimum Gasteiger partial charge on any atom is -0.389 e. The summed E-state index contributed by atoms with van der Waals surface area (Å²) in [5.74, 6) is 0. The maximum atomic E-state index is 12.2. The largest absolute Gasteiger partial charge is 0.389 e. The molecule has 1 aromatic rings. The van der Waals surface area contributed by atoms with Crippen LogP contribution in [0.15, 0.2) is 23.1 Å². The Morgan fingerprint density at radius 3 is 2.86 bits per heavy atom. The number of thiocarbonyl (C=S) groups is 1. The van der Waals surface area contributed by atoms with Gasteiger partial charge >= 0.3 is 0 Å². The summed E-state index contributed by atoms with van der Waals surface area (Å²) in [5.41, 5.74) is 7.03. The highest BCUT2D eigenvalue weighted by atomic mass is 32.2. The van der Waals surface area contributed by atoms with Gasteiger partial charge < -0.3 is 10.5 Å². The van der Waals surface area contributed by atoms with Crippen LogP contribution >= 0.6 is 12.2 Å².